The third-order valence-electron chi connectivity index (χ3n) is 3.83. The highest BCUT2D eigenvalue weighted by molar-refractivity contribution is 5.69. The average Bonchev–Trinajstić information content (AvgIpc) is 2.48. The molecule has 2 N–H and O–H groups in total. The largest absolute Gasteiger partial charge is 0.481 e. The van der Waals surface area contributed by atoms with Crippen molar-refractivity contribution in [3.8, 4) is 0 Å². The predicted octanol–water partition coefficient (Wildman–Crippen LogP) is 3.57. The lowest BCUT2D eigenvalue weighted by atomic mass is 9.90. The summed E-state index contributed by atoms with van der Waals surface area (Å²) in [6, 6.07) is 0. The maximum Gasteiger partial charge on any atom is 0.410 e. The Morgan fingerprint density at radius 2 is 1.76 bits per heavy atom. The van der Waals surface area contributed by atoms with Crippen molar-refractivity contribution in [1.29, 1.82) is 0 Å². The molecule has 0 rings (SSSR count). The van der Waals surface area contributed by atoms with E-state index in [2.05, 4.69) is 19.2 Å². The number of aliphatic carboxylic acids is 1. The lowest BCUT2D eigenvalue weighted by Gasteiger charge is -2.23. The van der Waals surface area contributed by atoms with Crippen LogP contribution in [0, 0.1) is 17.8 Å². The summed E-state index contributed by atoms with van der Waals surface area (Å²) in [5.41, 5.74) is 0. The normalized spacial score (nSPS) is 14.5. The van der Waals surface area contributed by atoms with E-state index in [0.717, 1.165) is 25.7 Å². The van der Waals surface area contributed by atoms with Gasteiger partial charge in [0.25, 0.3) is 6.29 Å². The molecule has 3 atom stereocenters. The van der Waals surface area contributed by atoms with Gasteiger partial charge in [0.15, 0.2) is 0 Å². The zero-order valence-corrected chi connectivity index (χ0v) is 16.0. The molecule has 0 heterocycles. The first-order chi connectivity index (χ1) is 11.6. The molecule has 1 amide bonds. The van der Waals surface area contributed by atoms with Crippen molar-refractivity contribution in [2.45, 2.75) is 73.0 Å². The van der Waals surface area contributed by atoms with E-state index in [1.54, 1.807) is 13.8 Å². The van der Waals surface area contributed by atoms with Crippen LogP contribution in [-0.4, -0.2) is 36.0 Å². The SMILES string of the molecule is CCCC[C@@H](C)C[C@H](CNC(=O)O[C@@H](OC(C)=O)C(C)C)CC(=O)O. The maximum absolute atomic E-state index is 11.9. The second kappa shape index (κ2) is 12.6. The number of esters is 1. The van der Waals surface area contributed by atoms with Crippen LogP contribution in [0.15, 0.2) is 0 Å². The van der Waals surface area contributed by atoms with Gasteiger partial charge in [0, 0.05) is 25.8 Å². The zero-order valence-electron chi connectivity index (χ0n) is 16.0. The molecular weight excluding hydrogens is 326 g/mol. The van der Waals surface area contributed by atoms with Gasteiger partial charge in [-0.2, -0.15) is 0 Å². The highest BCUT2D eigenvalue weighted by Crippen LogP contribution is 2.20. The van der Waals surface area contributed by atoms with E-state index in [1.807, 2.05) is 0 Å². The van der Waals surface area contributed by atoms with Crippen LogP contribution >= 0.6 is 0 Å². The Hall–Kier alpha value is -1.79. The smallest absolute Gasteiger partial charge is 0.410 e. The molecule has 25 heavy (non-hydrogen) atoms. The van der Waals surface area contributed by atoms with E-state index >= 15 is 0 Å². The number of carbonyl (C=O) groups is 3. The van der Waals surface area contributed by atoms with E-state index in [4.69, 9.17) is 14.6 Å². The highest BCUT2D eigenvalue weighted by atomic mass is 16.7. The lowest BCUT2D eigenvalue weighted by molar-refractivity contribution is -0.172. The molecule has 0 aliphatic rings. The summed E-state index contributed by atoms with van der Waals surface area (Å²) in [6.07, 6.45) is 2.30. The van der Waals surface area contributed by atoms with Gasteiger partial charge in [-0.15, -0.1) is 0 Å². The molecule has 0 aromatic rings. The van der Waals surface area contributed by atoms with E-state index in [9.17, 15) is 14.4 Å². The van der Waals surface area contributed by atoms with Gasteiger partial charge in [-0.3, -0.25) is 9.59 Å². The first-order valence-electron chi connectivity index (χ1n) is 8.99. The number of rotatable bonds is 12. The molecule has 0 saturated heterocycles. The van der Waals surface area contributed by atoms with Crippen molar-refractivity contribution < 1.29 is 29.0 Å². The second-order valence-electron chi connectivity index (χ2n) is 6.96. The van der Waals surface area contributed by atoms with Gasteiger partial charge in [-0.1, -0.05) is 47.0 Å². The van der Waals surface area contributed by atoms with Crippen LogP contribution in [0.25, 0.3) is 0 Å². The second-order valence-corrected chi connectivity index (χ2v) is 6.96. The van der Waals surface area contributed by atoms with Crippen LogP contribution in [0.2, 0.25) is 0 Å². The van der Waals surface area contributed by atoms with Crippen LogP contribution in [0.5, 0.6) is 0 Å². The maximum atomic E-state index is 11.9. The van der Waals surface area contributed by atoms with Crippen LogP contribution in [-0.2, 0) is 19.1 Å². The van der Waals surface area contributed by atoms with Crippen LogP contribution < -0.4 is 5.32 Å². The Morgan fingerprint density at radius 3 is 2.24 bits per heavy atom. The number of nitrogens with one attached hydrogen (secondary N) is 1. The Morgan fingerprint density at radius 1 is 1.12 bits per heavy atom. The van der Waals surface area contributed by atoms with Crippen molar-refractivity contribution in [3.63, 3.8) is 0 Å². The number of carboxylic acids is 1. The van der Waals surface area contributed by atoms with Gasteiger partial charge < -0.3 is 19.9 Å². The highest BCUT2D eigenvalue weighted by Gasteiger charge is 2.23. The molecular formula is C18H33NO6. The van der Waals surface area contributed by atoms with E-state index in [0.29, 0.717) is 5.92 Å². The number of hydrogen-bond acceptors (Lipinski definition) is 5. The summed E-state index contributed by atoms with van der Waals surface area (Å²) in [5.74, 6) is -1.36. The molecule has 0 fully saturated rings. The number of unbranched alkanes of at least 4 members (excludes halogenated alkanes) is 1. The molecule has 146 valence electrons. The zero-order chi connectivity index (χ0) is 19.4. The monoisotopic (exact) mass is 359 g/mol. The topological polar surface area (TPSA) is 102 Å². The van der Waals surface area contributed by atoms with E-state index in [1.165, 1.54) is 6.92 Å². The molecule has 0 aromatic carbocycles. The van der Waals surface area contributed by atoms with Crippen molar-refractivity contribution in [2.24, 2.45) is 17.8 Å². The fourth-order valence-electron chi connectivity index (χ4n) is 2.56. The molecule has 7 nitrogen and oxygen atoms in total. The Bertz CT molecular complexity index is 424. The fraction of sp³-hybridized carbons (Fsp3) is 0.833. The van der Waals surface area contributed by atoms with Gasteiger partial charge in [0.05, 0.1) is 0 Å². The Labute approximate surface area is 150 Å². The Balaban J connectivity index is 4.51. The number of hydrogen-bond donors (Lipinski definition) is 2. The van der Waals surface area contributed by atoms with Crippen LogP contribution in [0.3, 0.4) is 0 Å². The summed E-state index contributed by atoms with van der Waals surface area (Å²) in [7, 11) is 0. The number of carboxylic acid groups (broad SMARTS) is 1. The molecule has 0 aromatic heterocycles. The molecule has 7 heteroatoms. The van der Waals surface area contributed by atoms with Crippen molar-refractivity contribution in [2.75, 3.05) is 6.54 Å². The van der Waals surface area contributed by atoms with E-state index in [-0.39, 0.29) is 24.8 Å². The van der Waals surface area contributed by atoms with Gasteiger partial charge in [-0.25, -0.2) is 4.79 Å². The molecule has 0 aliphatic heterocycles. The molecule has 0 saturated carbocycles. The minimum absolute atomic E-state index is 0.00565. The van der Waals surface area contributed by atoms with Gasteiger partial charge in [0.2, 0.25) is 0 Å². The fourth-order valence-corrected chi connectivity index (χ4v) is 2.56. The van der Waals surface area contributed by atoms with Crippen molar-refractivity contribution in [3.05, 3.63) is 0 Å². The van der Waals surface area contributed by atoms with E-state index < -0.39 is 24.3 Å². The van der Waals surface area contributed by atoms with Crippen molar-refractivity contribution in [1.82, 2.24) is 5.32 Å². The molecule has 0 radical (unpaired) electrons. The summed E-state index contributed by atoms with van der Waals surface area (Å²) in [5, 5.41) is 11.6. The van der Waals surface area contributed by atoms with Gasteiger partial charge in [-0.05, 0) is 18.3 Å². The average molecular weight is 359 g/mol. The summed E-state index contributed by atoms with van der Waals surface area (Å²) < 4.78 is 10.1. The molecule has 0 spiro atoms. The number of amides is 1. The van der Waals surface area contributed by atoms with Crippen LogP contribution in [0.1, 0.15) is 66.7 Å². The number of carbonyl (C=O) groups excluding carboxylic acids is 2. The van der Waals surface area contributed by atoms with Gasteiger partial charge in [0.1, 0.15) is 0 Å². The Kier molecular flexibility index (Phi) is 11.7. The lowest BCUT2D eigenvalue weighted by Crippen LogP contribution is -2.37. The molecule has 0 bridgehead atoms. The third kappa shape index (κ3) is 12.3. The first kappa shape index (κ1) is 23.2. The minimum Gasteiger partial charge on any atom is -0.481 e. The summed E-state index contributed by atoms with van der Waals surface area (Å²) >= 11 is 0. The number of alkyl carbamates (subject to hydrolysis) is 1. The standard InChI is InChI=1S/C18H33NO6/c1-6-7-8-13(4)9-15(10-16(21)22)11-19-18(23)25-17(12(2)3)24-14(5)20/h12-13,15,17H,6-11H2,1-5H3,(H,19,23)(H,21,22)/t13-,15+,17-/m1/s1. The quantitative estimate of drug-likeness (QED) is 0.408. The van der Waals surface area contributed by atoms with Crippen LogP contribution in [0.4, 0.5) is 4.79 Å². The van der Waals surface area contributed by atoms with Crippen molar-refractivity contribution >= 4 is 18.0 Å². The third-order valence-corrected chi connectivity index (χ3v) is 3.83. The summed E-state index contributed by atoms with van der Waals surface area (Å²) in [4.78, 5) is 34.0. The predicted molar refractivity (Wildman–Crippen MR) is 93.9 cm³/mol. The first-order valence-corrected chi connectivity index (χ1v) is 8.99. The number of ether oxygens (including phenoxy) is 2. The molecule has 0 aliphatic carbocycles. The minimum atomic E-state index is -0.959. The summed E-state index contributed by atoms with van der Waals surface area (Å²) in [6.45, 7) is 9.21. The van der Waals surface area contributed by atoms with Gasteiger partial charge >= 0.3 is 18.0 Å². The molecule has 0 unspecified atom stereocenters.